The predicted molar refractivity (Wildman–Crippen MR) is 86.0 cm³/mol. The van der Waals surface area contributed by atoms with E-state index in [0.717, 1.165) is 12.5 Å². The fourth-order valence-corrected chi connectivity index (χ4v) is 3.94. The van der Waals surface area contributed by atoms with Gasteiger partial charge in [0.25, 0.3) is 0 Å². The molecule has 20 heavy (non-hydrogen) atoms. The fraction of sp³-hybridized carbons (Fsp3) is 0.556. The van der Waals surface area contributed by atoms with Gasteiger partial charge in [0, 0.05) is 30.1 Å². The topological polar surface area (TPSA) is 30.9 Å². The molecule has 1 aromatic carbocycles. The molecule has 0 spiro atoms. The van der Waals surface area contributed by atoms with E-state index in [1.165, 1.54) is 54.1 Å². The molecule has 1 aromatic heterocycles. The molecule has 0 radical (unpaired) electrons. The second-order valence-corrected chi connectivity index (χ2v) is 6.46. The minimum absolute atomic E-state index is 0.529. The van der Waals surface area contributed by atoms with Crippen molar-refractivity contribution in [1.82, 2.24) is 4.57 Å². The predicted octanol–water partition coefficient (Wildman–Crippen LogP) is 4.11. The summed E-state index contributed by atoms with van der Waals surface area (Å²) in [7, 11) is 2.15. The molecular formula is C18H26N2. The van der Waals surface area contributed by atoms with E-state index in [9.17, 15) is 0 Å². The summed E-state index contributed by atoms with van der Waals surface area (Å²) >= 11 is 0. The van der Waals surface area contributed by atoms with Crippen LogP contribution in [0.1, 0.15) is 49.1 Å². The standard InChI is InChI=1S/C18H26N2/c1-13-8-9-18-15(10-13)17(12-20(18)2)16(11-19)14-6-4-3-5-7-14/h8-10,12,14,16H,3-7,11,19H2,1-2H3. The summed E-state index contributed by atoms with van der Waals surface area (Å²) in [6.07, 6.45) is 9.18. The maximum absolute atomic E-state index is 6.16. The van der Waals surface area contributed by atoms with Crippen molar-refractivity contribution >= 4 is 10.9 Å². The first-order valence-corrected chi connectivity index (χ1v) is 7.96. The van der Waals surface area contributed by atoms with Gasteiger partial charge in [0.05, 0.1) is 0 Å². The molecule has 1 heterocycles. The van der Waals surface area contributed by atoms with Crippen molar-refractivity contribution in [2.75, 3.05) is 6.54 Å². The monoisotopic (exact) mass is 270 g/mol. The minimum Gasteiger partial charge on any atom is -0.350 e. The lowest BCUT2D eigenvalue weighted by atomic mass is 9.77. The normalized spacial score (nSPS) is 18.6. The van der Waals surface area contributed by atoms with Gasteiger partial charge >= 0.3 is 0 Å². The molecule has 3 rings (SSSR count). The summed E-state index contributed by atoms with van der Waals surface area (Å²) in [6, 6.07) is 6.77. The average Bonchev–Trinajstić information content (AvgIpc) is 2.78. The van der Waals surface area contributed by atoms with Gasteiger partial charge < -0.3 is 10.3 Å². The summed E-state index contributed by atoms with van der Waals surface area (Å²) in [5, 5.41) is 1.41. The van der Waals surface area contributed by atoms with Crippen molar-refractivity contribution in [3.05, 3.63) is 35.5 Å². The van der Waals surface area contributed by atoms with Crippen LogP contribution >= 0.6 is 0 Å². The lowest BCUT2D eigenvalue weighted by Crippen LogP contribution is -2.23. The maximum Gasteiger partial charge on any atom is 0.0480 e. The van der Waals surface area contributed by atoms with Gasteiger partial charge in [-0.25, -0.2) is 0 Å². The Hall–Kier alpha value is -1.28. The smallest absolute Gasteiger partial charge is 0.0480 e. The van der Waals surface area contributed by atoms with E-state index in [1.54, 1.807) is 0 Å². The molecule has 1 fully saturated rings. The van der Waals surface area contributed by atoms with Crippen LogP contribution in [0.2, 0.25) is 0 Å². The first kappa shape index (κ1) is 13.7. The van der Waals surface area contributed by atoms with Crippen LogP contribution in [0.15, 0.2) is 24.4 Å². The molecule has 1 aliphatic carbocycles. The SMILES string of the molecule is Cc1ccc2c(c1)c(C(CN)C1CCCCC1)cn2C. The highest BCUT2D eigenvalue weighted by Gasteiger charge is 2.26. The van der Waals surface area contributed by atoms with Gasteiger partial charge in [-0.05, 0) is 49.9 Å². The Labute approximate surface area is 122 Å². The van der Waals surface area contributed by atoms with E-state index in [-0.39, 0.29) is 0 Å². The number of nitrogens with zero attached hydrogens (tertiary/aromatic N) is 1. The van der Waals surface area contributed by atoms with Gasteiger partial charge in [0.2, 0.25) is 0 Å². The number of nitrogens with two attached hydrogens (primary N) is 1. The molecule has 0 bridgehead atoms. The second kappa shape index (κ2) is 5.61. The Bertz CT molecular complexity index is 591. The number of hydrogen-bond acceptors (Lipinski definition) is 1. The molecule has 2 N–H and O–H groups in total. The van der Waals surface area contributed by atoms with E-state index in [1.807, 2.05) is 0 Å². The van der Waals surface area contributed by atoms with Crippen molar-refractivity contribution in [2.24, 2.45) is 18.7 Å². The van der Waals surface area contributed by atoms with Crippen LogP contribution in [-0.4, -0.2) is 11.1 Å². The Balaban J connectivity index is 2.04. The molecule has 0 aliphatic heterocycles. The van der Waals surface area contributed by atoms with E-state index in [0.29, 0.717) is 5.92 Å². The molecule has 108 valence electrons. The van der Waals surface area contributed by atoms with Crippen molar-refractivity contribution in [3.63, 3.8) is 0 Å². The highest BCUT2D eigenvalue weighted by Crippen LogP contribution is 2.38. The number of fused-ring (bicyclic) bond motifs is 1. The molecule has 2 nitrogen and oxygen atoms in total. The van der Waals surface area contributed by atoms with Gasteiger partial charge in [0.15, 0.2) is 0 Å². The first-order chi connectivity index (χ1) is 9.70. The molecular weight excluding hydrogens is 244 g/mol. The molecule has 1 atom stereocenters. The summed E-state index contributed by atoms with van der Waals surface area (Å²) in [5.74, 6) is 1.31. The van der Waals surface area contributed by atoms with Crippen LogP contribution in [0.3, 0.4) is 0 Å². The van der Waals surface area contributed by atoms with Crippen molar-refractivity contribution in [3.8, 4) is 0 Å². The zero-order chi connectivity index (χ0) is 14.1. The Kier molecular flexibility index (Phi) is 3.84. The van der Waals surface area contributed by atoms with Crippen LogP contribution in [0.5, 0.6) is 0 Å². The fourth-order valence-electron chi connectivity index (χ4n) is 3.94. The van der Waals surface area contributed by atoms with Crippen molar-refractivity contribution < 1.29 is 0 Å². The molecule has 0 amide bonds. The zero-order valence-electron chi connectivity index (χ0n) is 12.7. The molecule has 2 heteroatoms. The highest BCUT2D eigenvalue weighted by atomic mass is 14.9. The van der Waals surface area contributed by atoms with E-state index in [2.05, 4.69) is 42.9 Å². The highest BCUT2D eigenvalue weighted by molar-refractivity contribution is 5.85. The molecule has 2 aromatic rings. The number of rotatable bonds is 3. The number of aryl methyl sites for hydroxylation is 2. The second-order valence-electron chi connectivity index (χ2n) is 6.46. The summed E-state index contributed by atoms with van der Waals surface area (Å²) in [4.78, 5) is 0. The summed E-state index contributed by atoms with van der Waals surface area (Å²) in [6.45, 7) is 2.95. The van der Waals surface area contributed by atoms with Gasteiger partial charge in [0.1, 0.15) is 0 Å². The molecule has 1 saturated carbocycles. The molecule has 1 unspecified atom stereocenters. The van der Waals surface area contributed by atoms with Crippen molar-refractivity contribution in [2.45, 2.75) is 44.9 Å². The van der Waals surface area contributed by atoms with Gasteiger partial charge in [-0.15, -0.1) is 0 Å². The zero-order valence-corrected chi connectivity index (χ0v) is 12.7. The van der Waals surface area contributed by atoms with Crippen LogP contribution in [-0.2, 0) is 7.05 Å². The van der Waals surface area contributed by atoms with Crippen molar-refractivity contribution in [1.29, 1.82) is 0 Å². The van der Waals surface area contributed by atoms with Crippen LogP contribution in [0.25, 0.3) is 10.9 Å². The van der Waals surface area contributed by atoms with Gasteiger partial charge in [-0.3, -0.25) is 0 Å². The molecule has 0 saturated heterocycles. The Morgan fingerprint density at radius 3 is 2.70 bits per heavy atom. The van der Waals surface area contributed by atoms with E-state index in [4.69, 9.17) is 5.73 Å². The minimum atomic E-state index is 0.529. The third kappa shape index (κ3) is 2.37. The lowest BCUT2D eigenvalue weighted by molar-refractivity contribution is 0.308. The average molecular weight is 270 g/mol. The van der Waals surface area contributed by atoms with E-state index >= 15 is 0 Å². The lowest BCUT2D eigenvalue weighted by Gasteiger charge is -2.29. The number of aromatic nitrogens is 1. The Morgan fingerprint density at radius 2 is 2.00 bits per heavy atom. The third-order valence-electron chi connectivity index (χ3n) is 5.05. The molecule has 1 aliphatic rings. The largest absolute Gasteiger partial charge is 0.350 e. The van der Waals surface area contributed by atoms with Gasteiger partial charge in [-0.2, -0.15) is 0 Å². The van der Waals surface area contributed by atoms with Gasteiger partial charge in [-0.1, -0.05) is 30.9 Å². The summed E-state index contributed by atoms with van der Waals surface area (Å²) < 4.78 is 2.26. The van der Waals surface area contributed by atoms with Crippen LogP contribution < -0.4 is 5.73 Å². The number of benzene rings is 1. The van der Waals surface area contributed by atoms with Crippen LogP contribution in [0, 0.1) is 12.8 Å². The van der Waals surface area contributed by atoms with Crippen LogP contribution in [0.4, 0.5) is 0 Å². The number of hydrogen-bond donors (Lipinski definition) is 1. The first-order valence-electron chi connectivity index (χ1n) is 7.96. The maximum atomic E-state index is 6.16. The summed E-state index contributed by atoms with van der Waals surface area (Å²) in [5.41, 5.74) is 10.3. The van der Waals surface area contributed by atoms with E-state index < -0.39 is 0 Å². The third-order valence-corrected chi connectivity index (χ3v) is 5.05. The quantitative estimate of drug-likeness (QED) is 0.894. The Morgan fingerprint density at radius 1 is 1.25 bits per heavy atom.